The predicted molar refractivity (Wildman–Crippen MR) is 99.7 cm³/mol. The summed E-state index contributed by atoms with van der Waals surface area (Å²) in [6, 6.07) is 8.76. The van der Waals surface area contributed by atoms with E-state index in [1.807, 2.05) is 6.07 Å². The first-order chi connectivity index (χ1) is 12.0. The van der Waals surface area contributed by atoms with Gasteiger partial charge in [0.2, 0.25) is 0 Å². The number of carbonyl (C=O) groups excluding carboxylic acids is 1. The second-order valence-electron chi connectivity index (χ2n) is 6.06. The van der Waals surface area contributed by atoms with Crippen molar-refractivity contribution in [2.75, 3.05) is 31.4 Å². The molecule has 134 valence electrons. The van der Waals surface area contributed by atoms with Gasteiger partial charge in [0, 0.05) is 12.6 Å². The maximum atomic E-state index is 12.4. The molecule has 0 saturated heterocycles. The fraction of sp³-hybridized carbons (Fsp3) is 0.368. The number of benzene rings is 1. The number of amides is 1. The smallest absolute Gasteiger partial charge is 0.274 e. The maximum absolute atomic E-state index is 12.4. The van der Waals surface area contributed by atoms with Crippen molar-refractivity contribution in [3.05, 3.63) is 42.2 Å². The van der Waals surface area contributed by atoms with E-state index in [9.17, 15) is 4.79 Å². The number of pyridine rings is 1. The molecule has 0 saturated carbocycles. The second kappa shape index (κ2) is 8.92. The van der Waals surface area contributed by atoms with Crippen molar-refractivity contribution in [2.45, 2.75) is 20.3 Å². The number of aromatic nitrogens is 1. The van der Waals surface area contributed by atoms with E-state index in [2.05, 4.69) is 29.5 Å². The molecular formula is C19H25N3O3. The molecular weight excluding hydrogens is 318 g/mol. The quantitative estimate of drug-likeness (QED) is 0.762. The molecule has 1 aromatic carbocycles. The lowest BCUT2D eigenvalue weighted by Crippen LogP contribution is -2.14. The topological polar surface area (TPSA) is 72.5 Å². The number of methoxy groups -OCH3 is 2. The third kappa shape index (κ3) is 5.38. The Labute approximate surface area is 148 Å². The van der Waals surface area contributed by atoms with Gasteiger partial charge >= 0.3 is 0 Å². The Morgan fingerprint density at radius 2 is 1.96 bits per heavy atom. The minimum absolute atomic E-state index is 0.294. The van der Waals surface area contributed by atoms with E-state index < -0.39 is 0 Å². The summed E-state index contributed by atoms with van der Waals surface area (Å²) in [7, 11) is 3.12. The molecule has 0 fully saturated rings. The molecule has 0 aliphatic heterocycles. The first-order valence-electron chi connectivity index (χ1n) is 8.26. The van der Waals surface area contributed by atoms with Crippen LogP contribution in [0.15, 0.2) is 36.5 Å². The number of carbonyl (C=O) groups is 1. The average molecular weight is 343 g/mol. The summed E-state index contributed by atoms with van der Waals surface area (Å²) in [5.41, 5.74) is 1.81. The highest BCUT2D eigenvalue weighted by atomic mass is 16.5. The van der Waals surface area contributed by atoms with Gasteiger partial charge in [-0.1, -0.05) is 13.8 Å². The van der Waals surface area contributed by atoms with E-state index in [1.165, 1.54) is 0 Å². The summed E-state index contributed by atoms with van der Waals surface area (Å²) >= 11 is 0. The predicted octanol–water partition coefficient (Wildman–Crippen LogP) is 3.81. The summed E-state index contributed by atoms with van der Waals surface area (Å²) in [5, 5.41) is 6.10. The molecule has 6 nitrogen and oxygen atoms in total. The molecule has 6 heteroatoms. The molecule has 0 bridgehead atoms. The Hall–Kier alpha value is -2.76. The number of ether oxygens (including phenoxy) is 2. The molecule has 0 unspecified atom stereocenters. The monoisotopic (exact) mass is 343 g/mol. The van der Waals surface area contributed by atoms with Gasteiger partial charge in [-0.3, -0.25) is 4.79 Å². The van der Waals surface area contributed by atoms with Crippen molar-refractivity contribution in [1.82, 2.24) is 4.98 Å². The van der Waals surface area contributed by atoms with Crippen molar-refractivity contribution >= 4 is 17.3 Å². The molecule has 0 radical (unpaired) electrons. The normalized spacial score (nSPS) is 10.4. The first kappa shape index (κ1) is 18.6. The van der Waals surface area contributed by atoms with Gasteiger partial charge in [0.25, 0.3) is 5.91 Å². The van der Waals surface area contributed by atoms with Crippen LogP contribution >= 0.6 is 0 Å². The molecule has 2 rings (SSSR count). The van der Waals surface area contributed by atoms with Crippen molar-refractivity contribution < 1.29 is 14.3 Å². The Bertz CT molecular complexity index is 700. The molecule has 2 aromatic rings. The zero-order valence-corrected chi connectivity index (χ0v) is 15.1. The lowest BCUT2D eigenvalue weighted by molar-refractivity contribution is 0.102. The molecule has 1 aromatic heterocycles. The van der Waals surface area contributed by atoms with Gasteiger partial charge in [-0.25, -0.2) is 4.98 Å². The minimum atomic E-state index is -0.294. The molecule has 0 aliphatic rings. The third-order valence-corrected chi connectivity index (χ3v) is 3.70. The van der Waals surface area contributed by atoms with Crippen molar-refractivity contribution in [3.63, 3.8) is 0 Å². The van der Waals surface area contributed by atoms with Gasteiger partial charge in [0.1, 0.15) is 17.2 Å². The highest BCUT2D eigenvalue weighted by molar-refractivity contribution is 6.03. The van der Waals surface area contributed by atoms with E-state index in [1.54, 1.807) is 44.7 Å². The number of anilines is 2. The largest absolute Gasteiger partial charge is 0.497 e. The average Bonchev–Trinajstić information content (AvgIpc) is 2.62. The van der Waals surface area contributed by atoms with Crippen molar-refractivity contribution in [1.29, 1.82) is 0 Å². The van der Waals surface area contributed by atoms with Crippen LogP contribution in [0, 0.1) is 5.92 Å². The lowest BCUT2D eigenvalue weighted by atomic mass is 10.1. The van der Waals surface area contributed by atoms with Crippen LogP contribution in [0.5, 0.6) is 11.5 Å². The van der Waals surface area contributed by atoms with Crippen LogP contribution in [-0.2, 0) is 0 Å². The van der Waals surface area contributed by atoms with Gasteiger partial charge in [-0.05, 0) is 36.6 Å². The van der Waals surface area contributed by atoms with Crippen LogP contribution < -0.4 is 20.1 Å². The summed E-state index contributed by atoms with van der Waals surface area (Å²) in [4.78, 5) is 16.6. The summed E-state index contributed by atoms with van der Waals surface area (Å²) in [6.45, 7) is 5.25. The van der Waals surface area contributed by atoms with Crippen molar-refractivity contribution in [2.24, 2.45) is 5.92 Å². The Kier molecular flexibility index (Phi) is 6.62. The van der Waals surface area contributed by atoms with Gasteiger partial charge in [-0.2, -0.15) is 0 Å². The van der Waals surface area contributed by atoms with Gasteiger partial charge in [0.15, 0.2) is 0 Å². The van der Waals surface area contributed by atoms with Gasteiger partial charge in [0.05, 0.1) is 31.8 Å². The van der Waals surface area contributed by atoms with Gasteiger partial charge in [-0.15, -0.1) is 0 Å². The highest BCUT2D eigenvalue weighted by Gasteiger charge is 2.12. The number of nitrogens with zero attached hydrogens (tertiary/aromatic N) is 1. The zero-order chi connectivity index (χ0) is 18.2. The van der Waals surface area contributed by atoms with Crippen LogP contribution in [0.3, 0.4) is 0 Å². The standard InChI is InChI=1S/C19H25N3O3/c1-13(2)9-10-20-14-5-7-17(21-12-14)19(23)22-16-8-6-15(24-3)11-18(16)25-4/h5-8,11-13,20H,9-10H2,1-4H3,(H,22,23). The first-order valence-corrected chi connectivity index (χ1v) is 8.26. The second-order valence-corrected chi connectivity index (χ2v) is 6.06. The maximum Gasteiger partial charge on any atom is 0.274 e. The van der Waals surface area contributed by atoms with E-state index in [0.717, 1.165) is 18.7 Å². The SMILES string of the molecule is COc1ccc(NC(=O)c2ccc(NCCC(C)C)cn2)c(OC)c1. The van der Waals surface area contributed by atoms with Gasteiger partial charge < -0.3 is 20.1 Å². The van der Waals surface area contributed by atoms with Crippen LogP contribution in [0.1, 0.15) is 30.8 Å². The number of hydrogen-bond acceptors (Lipinski definition) is 5. The lowest BCUT2D eigenvalue weighted by Gasteiger charge is -2.12. The molecule has 25 heavy (non-hydrogen) atoms. The summed E-state index contributed by atoms with van der Waals surface area (Å²) in [6.07, 6.45) is 2.75. The van der Waals surface area contributed by atoms with E-state index in [-0.39, 0.29) is 5.91 Å². The number of hydrogen-bond donors (Lipinski definition) is 2. The van der Waals surface area contributed by atoms with E-state index in [4.69, 9.17) is 9.47 Å². The fourth-order valence-corrected chi connectivity index (χ4v) is 2.23. The molecule has 0 spiro atoms. The van der Waals surface area contributed by atoms with E-state index >= 15 is 0 Å². The van der Waals surface area contributed by atoms with E-state index in [0.29, 0.717) is 28.8 Å². The molecule has 0 aliphatic carbocycles. The van der Waals surface area contributed by atoms with Crippen molar-refractivity contribution in [3.8, 4) is 11.5 Å². The third-order valence-electron chi connectivity index (χ3n) is 3.70. The fourth-order valence-electron chi connectivity index (χ4n) is 2.23. The Morgan fingerprint density at radius 3 is 2.56 bits per heavy atom. The number of rotatable bonds is 8. The summed E-state index contributed by atoms with van der Waals surface area (Å²) in [5.74, 6) is 1.53. The molecule has 1 amide bonds. The van der Waals surface area contributed by atoms with Crippen LogP contribution in [0.2, 0.25) is 0 Å². The Balaban J connectivity index is 2.01. The zero-order valence-electron chi connectivity index (χ0n) is 15.1. The minimum Gasteiger partial charge on any atom is -0.497 e. The molecule has 1 heterocycles. The molecule has 2 N–H and O–H groups in total. The molecule has 0 atom stereocenters. The highest BCUT2D eigenvalue weighted by Crippen LogP contribution is 2.29. The van der Waals surface area contributed by atoms with Crippen LogP contribution in [0.25, 0.3) is 0 Å². The summed E-state index contributed by atoms with van der Waals surface area (Å²) < 4.78 is 10.4. The van der Waals surface area contributed by atoms with Crippen LogP contribution in [-0.4, -0.2) is 31.7 Å². The van der Waals surface area contributed by atoms with Crippen LogP contribution in [0.4, 0.5) is 11.4 Å². The Morgan fingerprint density at radius 1 is 1.16 bits per heavy atom. The number of nitrogens with one attached hydrogen (secondary N) is 2.